The van der Waals surface area contributed by atoms with Crippen LogP contribution in [-0.2, 0) is 16.0 Å². The third kappa shape index (κ3) is 5.31. The van der Waals surface area contributed by atoms with E-state index < -0.39 is 37.1 Å². The van der Waals surface area contributed by atoms with Gasteiger partial charge in [-0.05, 0) is 25.3 Å². The van der Waals surface area contributed by atoms with Gasteiger partial charge in [-0.15, -0.1) is 0 Å². The molecule has 1 aromatic heterocycles. The zero-order valence-electron chi connectivity index (χ0n) is 21.6. The summed E-state index contributed by atoms with van der Waals surface area (Å²) < 4.78 is 28.4. The lowest BCUT2D eigenvalue weighted by atomic mass is 9.63. The fourth-order valence-corrected chi connectivity index (χ4v) is 8.47. The number of halogens is 1. The minimum atomic E-state index is -1.77. The van der Waals surface area contributed by atoms with Gasteiger partial charge in [-0.25, -0.2) is 4.79 Å². The Morgan fingerprint density at radius 2 is 1.58 bits per heavy atom. The molecule has 1 aliphatic heterocycles. The highest BCUT2D eigenvalue weighted by Gasteiger charge is 2.55. The van der Waals surface area contributed by atoms with Crippen molar-refractivity contribution in [3.8, 4) is 0 Å². The number of hydrogen-bond acceptors (Lipinski definition) is 4. The van der Waals surface area contributed by atoms with E-state index in [0.717, 1.165) is 12.2 Å². The van der Waals surface area contributed by atoms with Crippen molar-refractivity contribution in [1.82, 2.24) is 9.55 Å². The number of aromatic amines is 1. The number of nitrogens with zero attached hydrogens (tertiary/aromatic N) is 1. The molecule has 4 rings (SSSR count). The van der Waals surface area contributed by atoms with Gasteiger partial charge in [0.2, 0.25) is 5.82 Å². The summed E-state index contributed by atoms with van der Waals surface area (Å²) in [6.45, 7) is 10.6. The van der Waals surface area contributed by atoms with Crippen molar-refractivity contribution in [1.29, 1.82) is 0 Å². The lowest BCUT2D eigenvalue weighted by molar-refractivity contribution is -0.333. The van der Waals surface area contributed by atoms with Gasteiger partial charge in [-0.3, -0.25) is 14.3 Å². The molecule has 0 spiro atoms. The quantitative estimate of drug-likeness (QED) is 0.518. The summed E-state index contributed by atoms with van der Waals surface area (Å²) >= 11 is 0. The standard InChI is InChI=1S/C28H35FN2O4Si/c1-26(2,3)28(18-31-16-22(29)24(32)30-25(31)33)19-34-27(4,5)35-23(28)17-36(20-12-8-6-9-13-20)21-14-10-7-11-15-21/h6-16,23,36H,17-19H2,1-5H3,(H,30,32,33). The van der Waals surface area contributed by atoms with Gasteiger partial charge in [0.05, 0.1) is 18.9 Å². The maximum atomic E-state index is 14.2. The van der Waals surface area contributed by atoms with Gasteiger partial charge in [0.25, 0.3) is 5.56 Å². The first kappa shape index (κ1) is 26.3. The van der Waals surface area contributed by atoms with Gasteiger partial charge < -0.3 is 9.47 Å². The van der Waals surface area contributed by atoms with Gasteiger partial charge in [0.15, 0.2) is 5.79 Å². The zero-order valence-corrected chi connectivity index (χ0v) is 22.7. The van der Waals surface area contributed by atoms with E-state index in [1.165, 1.54) is 14.9 Å². The predicted octanol–water partition coefficient (Wildman–Crippen LogP) is 2.90. The maximum Gasteiger partial charge on any atom is 0.328 e. The second kappa shape index (κ2) is 9.92. The highest BCUT2D eigenvalue weighted by Crippen LogP contribution is 2.50. The number of hydrogen-bond donors (Lipinski definition) is 1. The number of benzene rings is 2. The predicted molar refractivity (Wildman–Crippen MR) is 142 cm³/mol. The fraction of sp³-hybridized carbons (Fsp3) is 0.429. The Hall–Kier alpha value is -2.81. The highest BCUT2D eigenvalue weighted by molar-refractivity contribution is 6.85. The van der Waals surface area contributed by atoms with Gasteiger partial charge in [0, 0.05) is 12.0 Å². The second-order valence-electron chi connectivity index (χ2n) is 11.2. The lowest BCUT2D eigenvalue weighted by Gasteiger charge is -2.56. The molecule has 0 amide bonds. The molecule has 2 aromatic carbocycles. The maximum absolute atomic E-state index is 14.2. The number of nitrogens with one attached hydrogen (secondary N) is 1. The topological polar surface area (TPSA) is 73.3 Å². The molecule has 0 radical (unpaired) electrons. The van der Waals surface area contributed by atoms with Crippen LogP contribution in [0.15, 0.2) is 76.4 Å². The van der Waals surface area contributed by atoms with Crippen LogP contribution in [0.1, 0.15) is 34.6 Å². The number of ether oxygens (including phenoxy) is 2. The molecule has 6 nitrogen and oxygen atoms in total. The Morgan fingerprint density at radius 3 is 2.11 bits per heavy atom. The third-order valence-corrected chi connectivity index (χ3v) is 10.8. The van der Waals surface area contributed by atoms with Crippen LogP contribution in [0.5, 0.6) is 0 Å². The molecule has 192 valence electrons. The number of aromatic nitrogens is 2. The molecule has 1 saturated heterocycles. The van der Waals surface area contributed by atoms with E-state index in [1.807, 2.05) is 26.0 Å². The molecule has 1 aliphatic rings. The minimum absolute atomic E-state index is 0.147. The van der Waals surface area contributed by atoms with Crippen LogP contribution in [0.4, 0.5) is 4.39 Å². The van der Waals surface area contributed by atoms with Crippen LogP contribution in [0.2, 0.25) is 6.04 Å². The molecule has 0 saturated carbocycles. The van der Waals surface area contributed by atoms with Crippen molar-refractivity contribution in [3.05, 3.63) is 93.5 Å². The molecule has 2 heterocycles. The molecular weight excluding hydrogens is 475 g/mol. The molecule has 1 N–H and O–H groups in total. The fourth-order valence-electron chi connectivity index (χ4n) is 5.20. The van der Waals surface area contributed by atoms with Crippen LogP contribution in [0.3, 0.4) is 0 Å². The Morgan fingerprint density at radius 1 is 1.03 bits per heavy atom. The molecule has 36 heavy (non-hydrogen) atoms. The summed E-state index contributed by atoms with van der Waals surface area (Å²) in [4.78, 5) is 26.5. The molecule has 8 heteroatoms. The number of rotatable bonds is 6. The Bertz CT molecular complexity index is 1260. The summed E-state index contributed by atoms with van der Waals surface area (Å²) in [6, 6.07) is 21.8. The van der Waals surface area contributed by atoms with Gasteiger partial charge in [-0.2, -0.15) is 4.39 Å². The Balaban J connectivity index is 1.83. The molecule has 2 atom stereocenters. The van der Waals surface area contributed by atoms with Crippen molar-refractivity contribution < 1.29 is 13.9 Å². The average Bonchev–Trinajstić information content (AvgIpc) is 2.82. The lowest BCUT2D eigenvalue weighted by Crippen LogP contribution is -2.63. The molecule has 2 unspecified atom stereocenters. The molecular formula is C28H35FN2O4Si. The highest BCUT2D eigenvalue weighted by atomic mass is 28.3. The summed E-state index contributed by atoms with van der Waals surface area (Å²) in [7, 11) is -1.77. The van der Waals surface area contributed by atoms with Crippen molar-refractivity contribution in [2.75, 3.05) is 6.61 Å². The van der Waals surface area contributed by atoms with E-state index in [1.54, 1.807) is 0 Å². The minimum Gasteiger partial charge on any atom is -0.350 e. The van der Waals surface area contributed by atoms with Crippen molar-refractivity contribution in [2.45, 2.75) is 59.1 Å². The SMILES string of the molecule is CC1(C)OCC(Cn2cc(F)c(=O)[nH]c2=O)(C(C)(C)C)C(C[SiH](c2ccccc2)c2ccccc2)O1. The average molecular weight is 511 g/mol. The summed E-state index contributed by atoms with van der Waals surface area (Å²) in [5.74, 6) is -1.80. The largest absolute Gasteiger partial charge is 0.350 e. The van der Waals surface area contributed by atoms with Crippen LogP contribution < -0.4 is 21.6 Å². The normalized spacial score (nSPS) is 22.0. The van der Waals surface area contributed by atoms with Gasteiger partial charge in [0.1, 0.15) is 8.80 Å². The van der Waals surface area contributed by atoms with E-state index in [-0.39, 0.29) is 18.1 Å². The second-order valence-corrected chi connectivity index (χ2v) is 14.1. The van der Waals surface area contributed by atoms with Gasteiger partial charge >= 0.3 is 5.69 Å². The first-order chi connectivity index (χ1) is 16.9. The number of H-pyrrole nitrogens is 1. The third-order valence-electron chi connectivity index (χ3n) is 7.49. The first-order valence-electron chi connectivity index (χ1n) is 12.3. The zero-order chi connectivity index (χ0) is 26.1. The Kier molecular flexibility index (Phi) is 7.23. The first-order valence-corrected chi connectivity index (χ1v) is 14.3. The molecule has 0 bridgehead atoms. The molecule has 3 aromatic rings. The van der Waals surface area contributed by atoms with Crippen LogP contribution >= 0.6 is 0 Å². The summed E-state index contributed by atoms with van der Waals surface area (Å²) in [5, 5.41) is 2.60. The van der Waals surface area contributed by atoms with Crippen LogP contribution in [0, 0.1) is 16.6 Å². The Labute approximate surface area is 212 Å². The van der Waals surface area contributed by atoms with E-state index in [9.17, 15) is 14.0 Å². The summed E-state index contributed by atoms with van der Waals surface area (Å²) in [5.41, 5.74) is -2.72. The molecule has 0 aliphatic carbocycles. The monoisotopic (exact) mass is 510 g/mol. The molecule has 1 fully saturated rings. The van der Waals surface area contributed by atoms with E-state index in [4.69, 9.17) is 9.47 Å². The van der Waals surface area contributed by atoms with Gasteiger partial charge in [-0.1, -0.05) is 91.8 Å². The smallest absolute Gasteiger partial charge is 0.328 e. The van der Waals surface area contributed by atoms with E-state index in [0.29, 0.717) is 6.61 Å². The van der Waals surface area contributed by atoms with Crippen LogP contribution in [0.25, 0.3) is 0 Å². The van der Waals surface area contributed by atoms with Crippen molar-refractivity contribution >= 4 is 19.2 Å². The van der Waals surface area contributed by atoms with E-state index >= 15 is 0 Å². The summed E-state index contributed by atoms with van der Waals surface area (Å²) in [6.07, 6.45) is 0.703. The van der Waals surface area contributed by atoms with Crippen LogP contribution in [-0.4, -0.2) is 36.8 Å². The van der Waals surface area contributed by atoms with E-state index in [2.05, 4.69) is 74.3 Å². The van der Waals surface area contributed by atoms with Crippen molar-refractivity contribution in [3.63, 3.8) is 0 Å². The van der Waals surface area contributed by atoms with Crippen molar-refractivity contribution in [2.24, 2.45) is 10.8 Å².